The number of nitro benzene ring substituents is 1. The molecule has 0 unspecified atom stereocenters. The molecular formula is C20H20FN3O5. The van der Waals surface area contributed by atoms with Crippen LogP contribution in [0.1, 0.15) is 21.5 Å². The Kier molecular flexibility index (Phi) is 5.41. The number of ether oxygens (including phenoxy) is 2. The van der Waals surface area contributed by atoms with Crippen LogP contribution in [0.15, 0.2) is 36.4 Å². The van der Waals surface area contributed by atoms with Crippen molar-refractivity contribution < 1.29 is 23.6 Å². The first-order valence-corrected chi connectivity index (χ1v) is 9.29. The summed E-state index contributed by atoms with van der Waals surface area (Å²) in [5, 5.41) is 11.2. The minimum atomic E-state index is -0.419. The van der Waals surface area contributed by atoms with Crippen molar-refractivity contribution in [2.75, 3.05) is 33.0 Å². The number of non-ortho nitro benzene ring substituents is 1. The number of rotatable bonds is 4. The summed E-state index contributed by atoms with van der Waals surface area (Å²) in [5.41, 5.74) is 1.89. The van der Waals surface area contributed by atoms with E-state index in [1.54, 1.807) is 11.0 Å². The van der Waals surface area contributed by atoms with Gasteiger partial charge in [0.2, 0.25) is 0 Å². The fraction of sp³-hybridized carbons (Fsp3) is 0.350. The van der Waals surface area contributed by atoms with Crippen LogP contribution in [0.5, 0.6) is 5.75 Å². The third-order valence-electron chi connectivity index (χ3n) is 5.13. The van der Waals surface area contributed by atoms with Crippen LogP contribution in [-0.2, 0) is 17.9 Å². The van der Waals surface area contributed by atoms with Crippen LogP contribution in [0, 0.1) is 15.9 Å². The zero-order chi connectivity index (χ0) is 20.4. The molecule has 2 aromatic carbocycles. The van der Waals surface area contributed by atoms with Gasteiger partial charge in [0.25, 0.3) is 11.6 Å². The highest BCUT2D eigenvalue weighted by molar-refractivity contribution is 5.94. The van der Waals surface area contributed by atoms with Crippen LogP contribution in [0.25, 0.3) is 0 Å². The SMILES string of the molecule is O=C(c1ccc(F)cc1)N1CCN(Cc2cc([N+](=O)[O-])cc3c2OCOC3)CC1. The molecule has 1 fully saturated rings. The van der Waals surface area contributed by atoms with Crippen LogP contribution >= 0.6 is 0 Å². The number of carbonyl (C=O) groups is 1. The first-order valence-electron chi connectivity index (χ1n) is 9.29. The molecule has 8 nitrogen and oxygen atoms in total. The zero-order valence-electron chi connectivity index (χ0n) is 15.7. The number of fused-ring (bicyclic) bond motifs is 1. The molecule has 0 aliphatic carbocycles. The van der Waals surface area contributed by atoms with Crippen LogP contribution < -0.4 is 4.74 Å². The lowest BCUT2D eigenvalue weighted by atomic mass is 10.1. The predicted molar refractivity (Wildman–Crippen MR) is 101 cm³/mol. The summed E-state index contributed by atoms with van der Waals surface area (Å²) in [6.45, 7) is 3.20. The molecule has 0 saturated carbocycles. The molecule has 2 aromatic rings. The Morgan fingerprint density at radius 1 is 1.14 bits per heavy atom. The van der Waals surface area contributed by atoms with Crippen molar-refractivity contribution in [2.24, 2.45) is 0 Å². The van der Waals surface area contributed by atoms with Gasteiger partial charge in [0.15, 0.2) is 6.79 Å². The van der Waals surface area contributed by atoms with Crippen molar-refractivity contribution in [2.45, 2.75) is 13.2 Å². The largest absolute Gasteiger partial charge is 0.467 e. The van der Waals surface area contributed by atoms with Gasteiger partial charge in [-0.1, -0.05) is 0 Å². The molecule has 2 aliphatic heterocycles. The molecule has 4 rings (SSSR count). The summed E-state index contributed by atoms with van der Waals surface area (Å²) in [4.78, 5) is 27.3. The average molecular weight is 401 g/mol. The van der Waals surface area contributed by atoms with E-state index in [2.05, 4.69) is 4.90 Å². The topological polar surface area (TPSA) is 85.2 Å². The minimum Gasteiger partial charge on any atom is -0.467 e. The monoisotopic (exact) mass is 401 g/mol. The number of benzene rings is 2. The van der Waals surface area contributed by atoms with Crippen LogP contribution in [0.3, 0.4) is 0 Å². The molecule has 0 N–H and O–H groups in total. The van der Waals surface area contributed by atoms with Gasteiger partial charge in [-0.3, -0.25) is 19.8 Å². The number of nitro groups is 1. The number of hydrogen-bond donors (Lipinski definition) is 0. The van der Waals surface area contributed by atoms with Gasteiger partial charge in [-0.15, -0.1) is 0 Å². The summed E-state index contributed by atoms with van der Waals surface area (Å²) >= 11 is 0. The molecule has 1 amide bonds. The Morgan fingerprint density at radius 2 is 1.86 bits per heavy atom. The molecule has 2 heterocycles. The Labute approximate surface area is 166 Å². The highest BCUT2D eigenvalue weighted by Crippen LogP contribution is 2.33. The maximum Gasteiger partial charge on any atom is 0.270 e. The summed E-state index contributed by atoms with van der Waals surface area (Å²) in [6.07, 6.45) is 0. The lowest BCUT2D eigenvalue weighted by molar-refractivity contribution is -0.385. The van der Waals surface area contributed by atoms with E-state index in [-0.39, 0.29) is 30.8 Å². The van der Waals surface area contributed by atoms with Crippen molar-refractivity contribution in [3.8, 4) is 5.75 Å². The molecular weight excluding hydrogens is 381 g/mol. The van der Waals surface area contributed by atoms with E-state index in [0.717, 1.165) is 5.56 Å². The number of piperazine rings is 1. The molecule has 0 aromatic heterocycles. The molecule has 9 heteroatoms. The second-order valence-corrected chi connectivity index (χ2v) is 7.04. The highest BCUT2D eigenvalue weighted by Gasteiger charge is 2.26. The van der Waals surface area contributed by atoms with Crippen LogP contribution in [0.4, 0.5) is 10.1 Å². The second-order valence-electron chi connectivity index (χ2n) is 7.04. The van der Waals surface area contributed by atoms with E-state index in [0.29, 0.717) is 49.6 Å². The van der Waals surface area contributed by atoms with Gasteiger partial charge in [0.1, 0.15) is 11.6 Å². The zero-order valence-corrected chi connectivity index (χ0v) is 15.7. The second kappa shape index (κ2) is 8.14. The van der Waals surface area contributed by atoms with Gasteiger partial charge in [-0.05, 0) is 24.3 Å². The van der Waals surface area contributed by atoms with Crippen molar-refractivity contribution in [3.05, 3.63) is 69.0 Å². The number of nitrogens with zero attached hydrogens (tertiary/aromatic N) is 3. The van der Waals surface area contributed by atoms with Crippen molar-refractivity contribution in [3.63, 3.8) is 0 Å². The molecule has 0 atom stereocenters. The Balaban J connectivity index is 1.43. The van der Waals surface area contributed by atoms with Crippen LogP contribution in [-0.4, -0.2) is 53.6 Å². The summed E-state index contributed by atoms with van der Waals surface area (Å²) in [6, 6.07) is 8.55. The van der Waals surface area contributed by atoms with Gasteiger partial charge in [0.05, 0.1) is 11.5 Å². The lowest BCUT2D eigenvalue weighted by Crippen LogP contribution is -2.48. The Morgan fingerprint density at radius 3 is 2.55 bits per heavy atom. The van der Waals surface area contributed by atoms with Crippen molar-refractivity contribution >= 4 is 11.6 Å². The normalized spacial score (nSPS) is 16.8. The third-order valence-corrected chi connectivity index (χ3v) is 5.13. The molecule has 29 heavy (non-hydrogen) atoms. The van der Waals surface area contributed by atoms with Gasteiger partial charge in [-0.2, -0.15) is 0 Å². The smallest absolute Gasteiger partial charge is 0.270 e. The van der Waals surface area contributed by atoms with Gasteiger partial charge >= 0.3 is 0 Å². The first-order chi connectivity index (χ1) is 14.0. The van der Waals surface area contributed by atoms with Gasteiger partial charge in [-0.25, -0.2) is 4.39 Å². The molecule has 2 aliphatic rings. The maximum atomic E-state index is 13.1. The molecule has 0 radical (unpaired) electrons. The van der Waals surface area contributed by atoms with E-state index < -0.39 is 4.92 Å². The molecule has 152 valence electrons. The van der Waals surface area contributed by atoms with Crippen molar-refractivity contribution in [1.82, 2.24) is 9.80 Å². The van der Waals surface area contributed by atoms with Gasteiger partial charge < -0.3 is 14.4 Å². The van der Waals surface area contributed by atoms with Crippen LogP contribution in [0.2, 0.25) is 0 Å². The number of carbonyl (C=O) groups excluding carboxylic acids is 1. The van der Waals surface area contributed by atoms with E-state index >= 15 is 0 Å². The Hall–Kier alpha value is -3.04. The molecule has 0 spiro atoms. The standard InChI is InChI=1S/C20H20FN3O5/c21-17-3-1-14(2-4-17)20(25)23-7-5-22(6-8-23)11-15-9-18(24(26)27)10-16-12-28-13-29-19(15)16/h1-4,9-10H,5-8,11-13H2. The maximum absolute atomic E-state index is 13.1. The third kappa shape index (κ3) is 4.20. The summed E-state index contributed by atoms with van der Waals surface area (Å²) in [5.74, 6) is 0.142. The quantitative estimate of drug-likeness (QED) is 0.578. The van der Waals surface area contributed by atoms with E-state index in [1.165, 1.54) is 30.3 Å². The summed E-state index contributed by atoms with van der Waals surface area (Å²) in [7, 11) is 0. The highest BCUT2D eigenvalue weighted by atomic mass is 19.1. The molecule has 1 saturated heterocycles. The predicted octanol–water partition coefficient (Wildman–Crippen LogP) is 2.56. The number of halogens is 1. The number of hydrogen-bond acceptors (Lipinski definition) is 6. The van der Waals surface area contributed by atoms with E-state index in [4.69, 9.17) is 9.47 Å². The fourth-order valence-corrected chi connectivity index (χ4v) is 3.63. The van der Waals surface area contributed by atoms with Crippen molar-refractivity contribution in [1.29, 1.82) is 0 Å². The average Bonchev–Trinajstić information content (AvgIpc) is 2.74. The van der Waals surface area contributed by atoms with Gasteiger partial charge in [0, 0.05) is 61.5 Å². The van der Waals surface area contributed by atoms with E-state index in [9.17, 15) is 19.3 Å². The first kappa shape index (κ1) is 19.3. The summed E-state index contributed by atoms with van der Waals surface area (Å²) < 4.78 is 23.9. The lowest BCUT2D eigenvalue weighted by Gasteiger charge is -2.35. The van der Waals surface area contributed by atoms with E-state index in [1.807, 2.05) is 0 Å². The molecule has 0 bridgehead atoms. The number of amides is 1. The fourth-order valence-electron chi connectivity index (χ4n) is 3.63. The minimum absolute atomic E-state index is 0.0120. The Bertz CT molecular complexity index is 926.